The molecule has 0 atom stereocenters. The van der Waals surface area contributed by atoms with Crippen molar-refractivity contribution >= 4 is 0 Å². The van der Waals surface area contributed by atoms with Crippen molar-refractivity contribution in [3.05, 3.63) is 0 Å². The van der Waals surface area contributed by atoms with Crippen molar-refractivity contribution in [3.8, 4) is 24.5 Å². The van der Waals surface area contributed by atoms with Crippen LogP contribution in [0.5, 0.6) is 0 Å². The number of terminal acetylenes is 1. The molecule has 0 fully saturated rings. The normalized spacial score (nSPS) is 11.0. The van der Waals surface area contributed by atoms with Gasteiger partial charge in [-0.15, -0.1) is 12.3 Å². The molecule has 0 aliphatic carbocycles. The second kappa shape index (κ2) is 14.0. The fourth-order valence-electron chi connectivity index (χ4n) is 1.87. The molecule has 6 heteroatoms. The molecule has 0 aliphatic rings. The molecular weight excluding hydrogens is 296 g/mol. The number of ether oxygens (including phenoxy) is 4. The largest absolute Gasteiger partial charge is 0.377 e. The molecule has 0 N–H and O–H groups in total. The molecule has 0 bridgehead atoms. The summed E-state index contributed by atoms with van der Waals surface area (Å²) >= 11 is 0. The van der Waals surface area contributed by atoms with Crippen molar-refractivity contribution in [1.29, 1.82) is 10.5 Å². The van der Waals surface area contributed by atoms with Crippen LogP contribution in [0.25, 0.3) is 0 Å². The molecule has 0 saturated heterocycles. The van der Waals surface area contributed by atoms with E-state index >= 15 is 0 Å². The molecule has 0 saturated carbocycles. The van der Waals surface area contributed by atoms with Crippen LogP contribution in [0.2, 0.25) is 0 Å². The van der Waals surface area contributed by atoms with Gasteiger partial charge >= 0.3 is 0 Å². The Bertz CT molecular complexity index is 363. The average Bonchev–Trinajstić information content (AvgIpc) is 2.52. The van der Waals surface area contributed by atoms with Gasteiger partial charge in [0, 0.05) is 6.42 Å². The highest BCUT2D eigenvalue weighted by Crippen LogP contribution is 2.17. The molecule has 6 nitrogen and oxygen atoms in total. The first-order valence-electron chi connectivity index (χ1n) is 7.68. The van der Waals surface area contributed by atoms with Crippen molar-refractivity contribution < 1.29 is 18.9 Å². The van der Waals surface area contributed by atoms with Crippen molar-refractivity contribution in [2.45, 2.75) is 44.8 Å². The summed E-state index contributed by atoms with van der Waals surface area (Å²) in [5.74, 6) is 2.51. The van der Waals surface area contributed by atoms with Gasteiger partial charge in [0.15, 0.2) is 0 Å². The lowest BCUT2D eigenvalue weighted by Crippen LogP contribution is -2.49. The van der Waals surface area contributed by atoms with Gasteiger partial charge < -0.3 is 18.9 Å². The monoisotopic (exact) mass is 322 g/mol. The first kappa shape index (κ1) is 21.4. The first-order valence-corrected chi connectivity index (χ1v) is 7.68. The summed E-state index contributed by atoms with van der Waals surface area (Å²) in [6.07, 6.45) is 6.30. The van der Waals surface area contributed by atoms with Gasteiger partial charge in [-0.25, -0.2) is 0 Å². The highest BCUT2D eigenvalue weighted by molar-refractivity contribution is 4.85. The Hall–Kier alpha value is -1.62. The van der Waals surface area contributed by atoms with Crippen LogP contribution in [0.4, 0.5) is 0 Å². The Labute approximate surface area is 139 Å². The molecule has 0 aliphatic heterocycles. The first-order chi connectivity index (χ1) is 11.1. The van der Waals surface area contributed by atoms with Crippen LogP contribution in [0.1, 0.15) is 33.1 Å². The topological polar surface area (TPSA) is 84.5 Å². The zero-order valence-electron chi connectivity index (χ0n) is 14.0. The average molecular weight is 322 g/mol. The standard InChI is InChI=1S/C17H26N2O4/c1-4-5-10-20-13-17(23-16(2)3,14-21-11-6-8-18)15-22-12-7-9-19/h1,16H,5-7,10-15H2,2-3H3. The van der Waals surface area contributed by atoms with Gasteiger partial charge in [-0.2, -0.15) is 10.5 Å². The second-order valence-corrected chi connectivity index (χ2v) is 5.28. The summed E-state index contributed by atoms with van der Waals surface area (Å²) in [6, 6.07) is 4.06. The number of nitrogens with zero attached hydrogens (tertiary/aromatic N) is 2. The Morgan fingerprint density at radius 1 is 0.870 bits per heavy atom. The third-order valence-corrected chi connectivity index (χ3v) is 2.69. The third-order valence-electron chi connectivity index (χ3n) is 2.69. The zero-order valence-corrected chi connectivity index (χ0v) is 14.0. The predicted molar refractivity (Wildman–Crippen MR) is 85.3 cm³/mol. The van der Waals surface area contributed by atoms with Crippen molar-refractivity contribution in [3.63, 3.8) is 0 Å². The highest BCUT2D eigenvalue weighted by Gasteiger charge is 2.34. The van der Waals surface area contributed by atoms with Crippen LogP contribution in [-0.2, 0) is 18.9 Å². The maximum absolute atomic E-state index is 8.58. The lowest BCUT2D eigenvalue weighted by atomic mass is 10.1. The summed E-state index contributed by atoms with van der Waals surface area (Å²) in [6.45, 7) is 5.67. The maximum atomic E-state index is 8.58. The molecule has 0 spiro atoms. The fourth-order valence-corrected chi connectivity index (χ4v) is 1.87. The summed E-state index contributed by atoms with van der Waals surface area (Å²) in [5, 5.41) is 17.2. The summed E-state index contributed by atoms with van der Waals surface area (Å²) in [7, 11) is 0. The van der Waals surface area contributed by atoms with E-state index in [1.807, 2.05) is 26.0 Å². The Morgan fingerprint density at radius 3 is 1.65 bits per heavy atom. The van der Waals surface area contributed by atoms with E-state index in [0.717, 1.165) is 0 Å². The molecule has 0 unspecified atom stereocenters. The molecule has 0 heterocycles. The van der Waals surface area contributed by atoms with Gasteiger partial charge in [-0.05, 0) is 13.8 Å². The number of hydrogen-bond acceptors (Lipinski definition) is 6. The summed E-state index contributed by atoms with van der Waals surface area (Å²) in [4.78, 5) is 0. The van der Waals surface area contributed by atoms with Gasteiger partial charge in [0.2, 0.25) is 0 Å². The van der Waals surface area contributed by atoms with E-state index in [9.17, 15) is 0 Å². The molecule has 23 heavy (non-hydrogen) atoms. The summed E-state index contributed by atoms with van der Waals surface area (Å²) in [5.41, 5.74) is -0.784. The van der Waals surface area contributed by atoms with Gasteiger partial charge in [0.05, 0.1) is 70.7 Å². The van der Waals surface area contributed by atoms with E-state index in [1.165, 1.54) is 0 Å². The molecular formula is C17H26N2O4. The molecule has 0 rings (SSSR count). The minimum atomic E-state index is -0.784. The number of nitriles is 2. The smallest absolute Gasteiger partial charge is 0.138 e. The Kier molecular flexibility index (Phi) is 13.0. The van der Waals surface area contributed by atoms with E-state index in [-0.39, 0.29) is 25.9 Å². The molecule has 128 valence electrons. The Morgan fingerprint density at radius 2 is 1.30 bits per heavy atom. The van der Waals surface area contributed by atoms with Gasteiger partial charge in [0.25, 0.3) is 0 Å². The lowest BCUT2D eigenvalue weighted by molar-refractivity contribution is -0.182. The van der Waals surface area contributed by atoms with E-state index in [0.29, 0.717) is 39.1 Å². The minimum Gasteiger partial charge on any atom is -0.377 e. The van der Waals surface area contributed by atoms with Crippen LogP contribution in [0, 0.1) is 35.0 Å². The Balaban J connectivity index is 4.70. The van der Waals surface area contributed by atoms with Crippen molar-refractivity contribution in [2.75, 3.05) is 39.6 Å². The molecule has 0 aromatic heterocycles. The second-order valence-electron chi connectivity index (χ2n) is 5.28. The summed E-state index contributed by atoms with van der Waals surface area (Å²) < 4.78 is 22.7. The lowest BCUT2D eigenvalue weighted by Gasteiger charge is -2.34. The third kappa shape index (κ3) is 11.6. The van der Waals surface area contributed by atoms with Crippen molar-refractivity contribution in [2.24, 2.45) is 0 Å². The maximum Gasteiger partial charge on any atom is 0.138 e. The minimum absolute atomic E-state index is 0.0506. The van der Waals surface area contributed by atoms with Crippen LogP contribution in [0.15, 0.2) is 0 Å². The van der Waals surface area contributed by atoms with Crippen LogP contribution < -0.4 is 0 Å². The van der Waals surface area contributed by atoms with Crippen LogP contribution >= 0.6 is 0 Å². The quantitative estimate of drug-likeness (QED) is 0.359. The van der Waals surface area contributed by atoms with Gasteiger partial charge in [0.1, 0.15) is 5.60 Å². The SMILES string of the molecule is C#CCCOCC(COCCC#N)(COCCC#N)OC(C)C. The zero-order chi connectivity index (χ0) is 17.4. The van der Waals surface area contributed by atoms with Gasteiger partial charge in [-0.3, -0.25) is 0 Å². The van der Waals surface area contributed by atoms with E-state index < -0.39 is 5.60 Å². The number of rotatable bonds is 14. The molecule has 0 amide bonds. The van der Waals surface area contributed by atoms with Crippen LogP contribution in [-0.4, -0.2) is 51.3 Å². The van der Waals surface area contributed by atoms with E-state index in [1.54, 1.807) is 0 Å². The fraction of sp³-hybridized carbons (Fsp3) is 0.765. The van der Waals surface area contributed by atoms with E-state index in [2.05, 4.69) is 5.92 Å². The van der Waals surface area contributed by atoms with Crippen LogP contribution in [0.3, 0.4) is 0 Å². The molecule has 0 aromatic carbocycles. The predicted octanol–water partition coefficient (Wildman–Crippen LogP) is 2.05. The number of hydrogen-bond donors (Lipinski definition) is 0. The highest BCUT2D eigenvalue weighted by atomic mass is 16.6. The van der Waals surface area contributed by atoms with Crippen molar-refractivity contribution in [1.82, 2.24) is 0 Å². The van der Waals surface area contributed by atoms with Gasteiger partial charge in [-0.1, -0.05) is 0 Å². The molecule has 0 aromatic rings. The molecule has 0 radical (unpaired) electrons. The van der Waals surface area contributed by atoms with E-state index in [4.69, 9.17) is 35.9 Å².